The van der Waals surface area contributed by atoms with Crippen LogP contribution in [-0.2, 0) is 12.4 Å². The third-order valence-electron chi connectivity index (χ3n) is 3.01. The van der Waals surface area contributed by atoms with E-state index in [1.165, 1.54) is 12.1 Å². The monoisotopic (exact) mass is 426 g/mol. The molecule has 25 heavy (non-hydrogen) atoms. The van der Waals surface area contributed by atoms with Gasteiger partial charge in [0, 0.05) is 10.2 Å². The molecular weight excluding hydrogens is 418 g/mol. The molecule has 0 saturated heterocycles. The zero-order chi connectivity index (χ0) is 18.8. The van der Waals surface area contributed by atoms with Crippen LogP contribution >= 0.6 is 15.9 Å². The first-order valence-corrected chi connectivity index (χ1v) is 7.39. The van der Waals surface area contributed by atoms with Crippen molar-refractivity contribution in [3.05, 3.63) is 58.1 Å². The summed E-state index contributed by atoms with van der Waals surface area (Å²) in [6.07, 6.45) is -9.35. The Bertz CT molecular complexity index is 788. The number of hydrogen-bond donors (Lipinski definition) is 2. The van der Waals surface area contributed by atoms with Gasteiger partial charge in [-0.2, -0.15) is 26.3 Å². The lowest BCUT2D eigenvalue weighted by molar-refractivity contribution is -0.138. The molecule has 0 aliphatic heterocycles. The van der Waals surface area contributed by atoms with Crippen LogP contribution in [0.1, 0.15) is 11.1 Å². The van der Waals surface area contributed by atoms with Gasteiger partial charge in [-0.3, -0.25) is 0 Å². The lowest BCUT2D eigenvalue weighted by atomic mass is 10.1. The molecule has 2 N–H and O–H groups in total. The summed E-state index contributed by atoms with van der Waals surface area (Å²) in [6.45, 7) is 0. The van der Waals surface area contributed by atoms with Crippen molar-refractivity contribution in [1.29, 1.82) is 0 Å². The SMILES string of the molecule is O=C(Nc1ccc(Br)c(C(F)(F)F)c1)Nc1ccccc1C(F)(F)F. The van der Waals surface area contributed by atoms with Gasteiger partial charge in [0.2, 0.25) is 0 Å². The number of carbonyl (C=O) groups is 1. The minimum absolute atomic E-state index is 0.225. The summed E-state index contributed by atoms with van der Waals surface area (Å²) in [6, 6.07) is 6.05. The number of hydrogen-bond acceptors (Lipinski definition) is 1. The number of alkyl halides is 6. The summed E-state index contributed by atoms with van der Waals surface area (Å²) in [5.41, 5.74) is -2.84. The maximum absolute atomic E-state index is 12.9. The first-order valence-electron chi connectivity index (χ1n) is 6.59. The molecule has 0 aliphatic rings. The molecular formula is C15H9BrF6N2O. The Hall–Kier alpha value is -2.23. The van der Waals surface area contributed by atoms with Gasteiger partial charge in [0.05, 0.1) is 16.8 Å². The molecule has 0 unspecified atom stereocenters. The van der Waals surface area contributed by atoms with Gasteiger partial charge < -0.3 is 10.6 Å². The highest BCUT2D eigenvalue weighted by Crippen LogP contribution is 2.37. The highest BCUT2D eigenvalue weighted by atomic mass is 79.9. The molecule has 134 valence electrons. The minimum Gasteiger partial charge on any atom is -0.308 e. The summed E-state index contributed by atoms with van der Waals surface area (Å²) in [5, 5.41) is 4.05. The van der Waals surface area contributed by atoms with E-state index in [2.05, 4.69) is 21.2 Å². The molecule has 2 aromatic rings. The van der Waals surface area contributed by atoms with Crippen LogP contribution in [0.5, 0.6) is 0 Å². The highest BCUT2D eigenvalue weighted by molar-refractivity contribution is 9.10. The lowest BCUT2D eigenvalue weighted by Gasteiger charge is -2.15. The van der Waals surface area contributed by atoms with Crippen molar-refractivity contribution >= 4 is 33.3 Å². The largest absolute Gasteiger partial charge is 0.418 e. The molecule has 0 atom stereocenters. The van der Waals surface area contributed by atoms with E-state index in [0.29, 0.717) is 6.07 Å². The lowest BCUT2D eigenvalue weighted by Crippen LogP contribution is -2.22. The van der Waals surface area contributed by atoms with Crippen molar-refractivity contribution in [2.45, 2.75) is 12.4 Å². The van der Waals surface area contributed by atoms with Crippen LogP contribution in [0.15, 0.2) is 46.9 Å². The molecule has 2 aromatic carbocycles. The Kier molecular flexibility index (Phi) is 5.31. The second kappa shape index (κ2) is 6.95. The molecule has 0 radical (unpaired) electrons. The fourth-order valence-electron chi connectivity index (χ4n) is 1.94. The molecule has 2 amide bonds. The fourth-order valence-corrected chi connectivity index (χ4v) is 2.42. The van der Waals surface area contributed by atoms with Crippen LogP contribution in [-0.4, -0.2) is 6.03 Å². The standard InChI is InChI=1S/C15H9BrF6N2O/c16-11-6-5-8(7-10(11)15(20,21)22)23-13(25)24-12-4-2-1-3-9(12)14(17,18)19/h1-7H,(H2,23,24,25). The molecule has 0 aromatic heterocycles. The van der Waals surface area contributed by atoms with Gasteiger partial charge in [-0.25, -0.2) is 4.79 Å². The van der Waals surface area contributed by atoms with Gasteiger partial charge in [0.1, 0.15) is 0 Å². The fraction of sp³-hybridized carbons (Fsp3) is 0.133. The first kappa shape index (κ1) is 19.1. The predicted octanol–water partition coefficient (Wildman–Crippen LogP) is 6.13. The van der Waals surface area contributed by atoms with E-state index in [4.69, 9.17) is 0 Å². The molecule has 0 fully saturated rings. The van der Waals surface area contributed by atoms with Gasteiger partial charge in [-0.1, -0.05) is 28.1 Å². The molecule has 0 spiro atoms. The van der Waals surface area contributed by atoms with Crippen molar-refractivity contribution in [3.8, 4) is 0 Å². The van der Waals surface area contributed by atoms with E-state index >= 15 is 0 Å². The Balaban J connectivity index is 2.20. The van der Waals surface area contributed by atoms with Crippen LogP contribution in [0.25, 0.3) is 0 Å². The summed E-state index contributed by atoms with van der Waals surface area (Å²) < 4.78 is 76.8. The number of halogens is 7. The van der Waals surface area contributed by atoms with E-state index in [1.807, 2.05) is 5.32 Å². The maximum atomic E-state index is 12.9. The summed E-state index contributed by atoms with van der Waals surface area (Å²) in [5.74, 6) is 0. The van der Waals surface area contributed by atoms with Crippen molar-refractivity contribution in [2.75, 3.05) is 10.6 Å². The number of anilines is 2. The van der Waals surface area contributed by atoms with E-state index in [1.54, 1.807) is 0 Å². The number of urea groups is 1. The zero-order valence-electron chi connectivity index (χ0n) is 12.1. The second-order valence-electron chi connectivity index (χ2n) is 4.81. The van der Waals surface area contributed by atoms with Gasteiger partial charge in [-0.15, -0.1) is 0 Å². The number of rotatable bonds is 2. The average molecular weight is 427 g/mol. The Morgan fingerprint density at radius 1 is 0.840 bits per heavy atom. The Morgan fingerprint density at radius 2 is 1.44 bits per heavy atom. The van der Waals surface area contributed by atoms with Crippen LogP contribution in [0.3, 0.4) is 0 Å². The van der Waals surface area contributed by atoms with Gasteiger partial charge in [0.15, 0.2) is 0 Å². The van der Waals surface area contributed by atoms with Gasteiger partial charge in [0.25, 0.3) is 0 Å². The quantitative estimate of drug-likeness (QED) is 0.557. The number of para-hydroxylation sites is 1. The normalized spacial score (nSPS) is 12.0. The summed E-state index contributed by atoms with van der Waals surface area (Å²) in [7, 11) is 0. The van der Waals surface area contributed by atoms with Crippen LogP contribution < -0.4 is 10.6 Å². The first-order chi connectivity index (χ1) is 11.5. The van der Waals surface area contributed by atoms with Crippen LogP contribution in [0.4, 0.5) is 42.5 Å². The van der Waals surface area contributed by atoms with Crippen molar-refractivity contribution in [1.82, 2.24) is 0 Å². The highest BCUT2D eigenvalue weighted by Gasteiger charge is 2.34. The molecule has 0 heterocycles. The Labute approximate surface area is 146 Å². The maximum Gasteiger partial charge on any atom is 0.418 e. The average Bonchev–Trinajstić information content (AvgIpc) is 2.47. The third-order valence-corrected chi connectivity index (χ3v) is 3.70. The molecule has 10 heteroatoms. The summed E-state index contributed by atoms with van der Waals surface area (Å²) in [4.78, 5) is 11.8. The van der Waals surface area contributed by atoms with E-state index in [9.17, 15) is 31.1 Å². The predicted molar refractivity (Wildman–Crippen MR) is 83.2 cm³/mol. The third kappa shape index (κ3) is 4.88. The Morgan fingerprint density at radius 3 is 2.04 bits per heavy atom. The van der Waals surface area contributed by atoms with Crippen LogP contribution in [0.2, 0.25) is 0 Å². The number of benzene rings is 2. The van der Waals surface area contributed by atoms with E-state index < -0.39 is 35.2 Å². The molecule has 0 aliphatic carbocycles. The number of nitrogens with one attached hydrogen (secondary N) is 2. The minimum atomic E-state index is -4.69. The molecule has 0 bridgehead atoms. The second-order valence-corrected chi connectivity index (χ2v) is 5.67. The summed E-state index contributed by atoms with van der Waals surface area (Å²) >= 11 is 2.74. The van der Waals surface area contributed by atoms with Gasteiger partial charge in [-0.05, 0) is 30.3 Å². The van der Waals surface area contributed by atoms with Crippen LogP contribution in [0, 0.1) is 0 Å². The van der Waals surface area contributed by atoms with E-state index in [0.717, 1.165) is 24.3 Å². The van der Waals surface area contributed by atoms with Crippen molar-refractivity contribution < 1.29 is 31.1 Å². The van der Waals surface area contributed by atoms with Crippen molar-refractivity contribution in [2.24, 2.45) is 0 Å². The molecule has 0 saturated carbocycles. The molecule has 3 nitrogen and oxygen atoms in total. The smallest absolute Gasteiger partial charge is 0.308 e. The number of amides is 2. The van der Waals surface area contributed by atoms with Crippen molar-refractivity contribution in [3.63, 3.8) is 0 Å². The number of carbonyl (C=O) groups excluding carboxylic acids is 1. The van der Waals surface area contributed by atoms with Gasteiger partial charge >= 0.3 is 18.4 Å². The topological polar surface area (TPSA) is 41.1 Å². The zero-order valence-corrected chi connectivity index (χ0v) is 13.7. The molecule has 2 rings (SSSR count). The van der Waals surface area contributed by atoms with E-state index in [-0.39, 0.29) is 10.2 Å².